The van der Waals surface area contributed by atoms with E-state index in [1.807, 2.05) is 0 Å². The van der Waals surface area contributed by atoms with Crippen molar-refractivity contribution in [1.82, 2.24) is 10.2 Å². The molecule has 0 heterocycles. The van der Waals surface area contributed by atoms with Crippen LogP contribution in [0.25, 0.3) is 0 Å². The molecule has 0 radical (unpaired) electrons. The lowest BCUT2D eigenvalue weighted by Gasteiger charge is -2.25. The van der Waals surface area contributed by atoms with E-state index in [0.29, 0.717) is 6.04 Å². The molecule has 0 aromatic heterocycles. The maximum absolute atomic E-state index is 3.70. The van der Waals surface area contributed by atoms with Gasteiger partial charge in [-0.25, -0.2) is 0 Å². The molecule has 2 heteroatoms. The van der Waals surface area contributed by atoms with Crippen LogP contribution in [0.1, 0.15) is 43.9 Å². The molecule has 1 aliphatic carbocycles. The monoisotopic (exact) mass is 274 g/mol. The number of hydrogen-bond donors (Lipinski definition) is 1. The maximum atomic E-state index is 3.70. The Hall–Kier alpha value is -0.860. The molecule has 1 fully saturated rings. The van der Waals surface area contributed by atoms with E-state index in [1.165, 1.54) is 30.5 Å². The first-order valence-electron chi connectivity index (χ1n) is 8.08. The van der Waals surface area contributed by atoms with Crippen molar-refractivity contribution in [2.24, 2.45) is 11.8 Å². The van der Waals surface area contributed by atoms with E-state index in [2.05, 4.69) is 62.3 Å². The zero-order valence-electron chi connectivity index (χ0n) is 13.5. The Balaban J connectivity index is 1.93. The van der Waals surface area contributed by atoms with E-state index in [4.69, 9.17) is 0 Å². The molecular formula is C18H30N2. The summed E-state index contributed by atoms with van der Waals surface area (Å²) in [5.41, 5.74) is 2.75. The van der Waals surface area contributed by atoms with Gasteiger partial charge >= 0.3 is 0 Å². The highest BCUT2D eigenvalue weighted by Crippen LogP contribution is 2.38. The molecule has 20 heavy (non-hydrogen) atoms. The zero-order chi connectivity index (χ0) is 14.5. The van der Waals surface area contributed by atoms with Gasteiger partial charge in [-0.2, -0.15) is 0 Å². The van der Waals surface area contributed by atoms with Crippen molar-refractivity contribution in [3.63, 3.8) is 0 Å². The lowest BCUT2D eigenvalue weighted by Crippen LogP contribution is -2.34. The Morgan fingerprint density at radius 3 is 2.50 bits per heavy atom. The third kappa shape index (κ3) is 4.60. The molecule has 0 spiro atoms. The molecule has 0 aliphatic heterocycles. The minimum absolute atomic E-state index is 0.453. The number of rotatable bonds is 8. The third-order valence-electron chi connectivity index (χ3n) is 4.44. The first-order valence-corrected chi connectivity index (χ1v) is 8.08. The van der Waals surface area contributed by atoms with E-state index in [9.17, 15) is 0 Å². The fraction of sp³-hybridized carbons (Fsp3) is 0.667. The predicted octanol–water partition coefficient (Wildman–Crippen LogP) is 3.62. The molecular weight excluding hydrogens is 244 g/mol. The summed E-state index contributed by atoms with van der Waals surface area (Å²) in [4.78, 5) is 2.50. The second kappa shape index (κ2) is 7.24. The molecule has 2 rings (SSSR count). The van der Waals surface area contributed by atoms with Gasteiger partial charge in [0.1, 0.15) is 0 Å². The maximum Gasteiger partial charge on any atom is 0.0449 e. The summed E-state index contributed by atoms with van der Waals surface area (Å²) < 4.78 is 0. The molecule has 0 saturated heterocycles. The average molecular weight is 274 g/mol. The topological polar surface area (TPSA) is 15.3 Å². The summed E-state index contributed by atoms with van der Waals surface area (Å²) >= 11 is 0. The van der Waals surface area contributed by atoms with Crippen LogP contribution in [0.4, 0.5) is 0 Å². The minimum atomic E-state index is 0.453. The van der Waals surface area contributed by atoms with E-state index in [0.717, 1.165) is 24.9 Å². The molecule has 3 unspecified atom stereocenters. The lowest BCUT2D eigenvalue weighted by atomic mass is 10.0. The number of likely N-dealkylation sites (N-methyl/N-ethyl adjacent to an activating group) is 1. The lowest BCUT2D eigenvalue weighted by molar-refractivity contribution is 0.276. The first kappa shape index (κ1) is 15.5. The summed E-state index contributed by atoms with van der Waals surface area (Å²) in [6.45, 7) is 10.2. The van der Waals surface area contributed by atoms with Crippen molar-refractivity contribution in [3.8, 4) is 0 Å². The normalized spacial score (nSPS) is 23.1. The van der Waals surface area contributed by atoms with Crippen LogP contribution in [0, 0.1) is 18.8 Å². The third-order valence-corrected chi connectivity index (χ3v) is 4.44. The minimum Gasteiger partial charge on any atom is -0.309 e. The molecule has 1 aromatic rings. The highest BCUT2D eigenvalue weighted by molar-refractivity contribution is 5.24. The number of hydrogen-bond acceptors (Lipinski definition) is 2. The van der Waals surface area contributed by atoms with Gasteiger partial charge in [0.05, 0.1) is 0 Å². The number of benzene rings is 1. The highest BCUT2D eigenvalue weighted by Gasteiger charge is 2.33. The summed E-state index contributed by atoms with van der Waals surface area (Å²) in [7, 11) is 2.26. The van der Waals surface area contributed by atoms with Crippen LogP contribution in [-0.4, -0.2) is 31.6 Å². The van der Waals surface area contributed by atoms with Crippen LogP contribution in [0.5, 0.6) is 0 Å². The predicted molar refractivity (Wildman–Crippen MR) is 87.0 cm³/mol. The van der Waals surface area contributed by atoms with Gasteiger partial charge in [-0.15, -0.1) is 0 Å². The van der Waals surface area contributed by atoms with Crippen LogP contribution in [0.3, 0.4) is 0 Å². The van der Waals surface area contributed by atoms with Gasteiger partial charge < -0.3 is 10.2 Å². The molecule has 3 atom stereocenters. The van der Waals surface area contributed by atoms with Crippen LogP contribution in [0.2, 0.25) is 0 Å². The van der Waals surface area contributed by atoms with Crippen molar-refractivity contribution in [2.75, 3.05) is 26.7 Å². The quantitative estimate of drug-likeness (QED) is 0.779. The van der Waals surface area contributed by atoms with Crippen LogP contribution in [-0.2, 0) is 0 Å². The number of nitrogens with one attached hydrogen (secondary N) is 1. The van der Waals surface area contributed by atoms with E-state index >= 15 is 0 Å². The van der Waals surface area contributed by atoms with Crippen LogP contribution < -0.4 is 5.32 Å². The molecule has 0 bridgehead atoms. The van der Waals surface area contributed by atoms with Crippen molar-refractivity contribution >= 4 is 0 Å². The van der Waals surface area contributed by atoms with Crippen molar-refractivity contribution in [1.29, 1.82) is 0 Å². The summed E-state index contributed by atoms with van der Waals surface area (Å²) in [6.07, 6.45) is 2.60. The van der Waals surface area contributed by atoms with E-state index in [1.54, 1.807) is 0 Å². The number of nitrogens with zero attached hydrogens (tertiary/aromatic N) is 1. The van der Waals surface area contributed by atoms with Gasteiger partial charge in [0, 0.05) is 19.1 Å². The van der Waals surface area contributed by atoms with E-state index < -0.39 is 0 Å². The average Bonchev–Trinajstić information content (AvgIpc) is 3.11. The van der Waals surface area contributed by atoms with Gasteiger partial charge in [-0.1, -0.05) is 43.7 Å². The van der Waals surface area contributed by atoms with Crippen molar-refractivity contribution in [2.45, 2.75) is 39.7 Å². The molecule has 112 valence electrons. The Bertz CT molecular complexity index is 398. The van der Waals surface area contributed by atoms with Gasteiger partial charge in [-0.3, -0.25) is 0 Å². The van der Waals surface area contributed by atoms with Gasteiger partial charge in [-0.05, 0) is 50.8 Å². The molecule has 0 amide bonds. The molecule has 1 aliphatic rings. The Kier molecular flexibility index (Phi) is 5.62. The fourth-order valence-electron chi connectivity index (χ4n) is 2.85. The van der Waals surface area contributed by atoms with Gasteiger partial charge in [0.25, 0.3) is 0 Å². The number of aryl methyl sites for hydroxylation is 1. The summed E-state index contributed by atoms with van der Waals surface area (Å²) in [5, 5.41) is 3.70. The van der Waals surface area contributed by atoms with Gasteiger partial charge in [0.15, 0.2) is 0 Å². The van der Waals surface area contributed by atoms with Crippen LogP contribution in [0.15, 0.2) is 24.3 Å². The Morgan fingerprint density at radius 1 is 1.30 bits per heavy atom. The smallest absolute Gasteiger partial charge is 0.0449 e. The summed E-state index contributed by atoms with van der Waals surface area (Å²) in [5.74, 6) is 1.88. The molecule has 1 N–H and O–H groups in total. The van der Waals surface area contributed by atoms with Crippen molar-refractivity contribution < 1.29 is 0 Å². The fourth-order valence-corrected chi connectivity index (χ4v) is 2.85. The second-order valence-corrected chi connectivity index (χ2v) is 6.61. The Labute approximate surface area is 124 Å². The standard InChI is InChI=1S/C18H30N2/c1-5-10-19-18(16-8-6-14(2)7-9-16)13-20(4)12-17-11-15(17)3/h6-9,15,17-19H,5,10-13H2,1-4H3. The molecule has 2 nitrogen and oxygen atoms in total. The SMILES string of the molecule is CCCNC(CN(C)CC1CC1C)c1ccc(C)cc1. The highest BCUT2D eigenvalue weighted by atomic mass is 15.1. The Morgan fingerprint density at radius 2 is 1.95 bits per heavy atom. The molecule has 1 saturated carbocycles. The first-order chi connectivity index (χ1) is 9.60. The van der Waals surface area contributed by atoms with Gasteiger partial charge in [0.2, 0.25) is 0 Å². The largest absolute Gasteiger partial charge is 0.309 e. The second-order valence-electron chi connectivity index (χ2n) is 6.61. The van der Waals surface area contributed by atoms with Crippen LogP contribution >= 0.6 is 0 Å². The molecule has 1 aromatic carbocycles. The van der Waals surface area contributed by atoms with E-state index in [-0.39, 0.29) is 0 Å². The zero-order valence-corrected chi connectivity index (χ0v) is 13.5. The summed E-state index contributed by atoms with van der Waals surface area (Å²) in [6, 6.07) is 9.44. The van der Waals surface area contributed by atoms with Crippen molar-refractivity contribution in [3.05, 3.63) is 35.4 Å².